The Bertz CT molecular complexity index is 908. The molecule has 0 fully saturated rings. The summed E-state index contributed by atoms with van der Waals surface area (Å²) in [5.74, 6) is 1.21. The average Bonchev–Trinajstić information content (AvgIpc) is 3.09. The van der Waals surface area contributed by atoms with Crippen LogP contribution in [0.2, 0.25) is 5.02 Å². The fourth-order valence-electron chi connectivity index (χ4n) is 2.43. The van der Waals surface area contributed by atoms with Gasteiger partial charge in [-0.15, -0.1) is 0 Å². The third kappa shape index (κ3) is 3.59. The minimum atomic E-state index is -0.312. The molecule has 128 valence electrons. The van der Waals surface area contributed by atoms with Gasteiger partial charge in [-0.1, -0.05) is 23.7 Å². The molecule has 3 aromatic rings. The first kappa shape index (κ1) is 16.9. The number of aromatic nitrogens is 2. The summed E-state index contributed by atoms with van der Waals surface area (Å²) in [6.07, 6.45) is 0. The highest BCUT2D eigenvalue weighted by Gasteiger charge is 2.15. The van der Waals surface area contributed by atoms with Crippen LogP contribution in [0, 0.1) is 0 Å². The van der Waals surface area contributed by atoms with Gasteiger partial charge in [0.15, 0.2) is 5.82 Å². The number of halogens is 1. The lowest BCUT2D eigenvalue weighted by Crippen LogP contribution is -2.13. The van der Waals surface area contributed by atoms with Gasteiger partial charge < -0.3 is 14.8 Å². The number of carbonyl (C=O) groups excluding carboxylic acids is 1. The number of rotatable bonds is 5. The number of amides is 1. The van der Waals surface area contributed by atoms with Crippen LogP contribution in [0.25, 0.3) is 11.3 Å². The second kappa shape index (κ2) is 7.27. The molecule has 6 nitrogen and oxygen atoms in total. The summed E-state index contributed by atoms with van der Waals surface area (Å²) < 4.78 is 10.5. The largest absolute Gasteiger partial charge is 0.496 e. The van der Waals surface area contributed by atoms with Crippen molar-refractivity contribution in [1.82, 2.24) is 10.2 Å². The lowest BCUT2D eigenvalue weighted by atomic mass is 10.1. The van der Waals surface area contributed by atoms with E-state index in [0.29, 0.717) is 33.6 Å². The Morgan fingerprint density at radius 3 is 2.60 bits per heavy atom. The predicted molar refractivity (Wildman–Crippen MR) is 96.5 cm³/mol. The van der Waals surface area contributed by atoms with Gasteiger partial charge >= 0.3 is 0 Å². The molecule has 0 aliphatic rings. The Balaban J connectivity index is 1.85. The zero-order chi connectivity index (χ0) is 17.8. The summed E-state index contributed by atoms with van der Waals surface area (Å²) in [4.78, 5) is 12.4. The monoisotopic (exact) mass is 357 g/mol. The van der Waals surface area contributed by atoms with E-state index in [1.165, 1.54) is 7.11 Å². The van der Waals surface area contributed by atoms with Crippen molar-refractivity contribution in [2.24, 2.45) is 0 Å². The van der Waals surface area contributed by atoms with Crippen molar-refractivity contribution in [3.63, 3.8) is 0 Å². The van der Waals surface area contributed by atoms with Gasteiger partial charge in [0.25, 0.3) is 5.91 Å². The minimum absolute atomic E-state index is 0.312. The number of ether oxygens (including phenoxy) is 2. The van der Waals surface area contributed by atoms with E-state index in [-0.39, 0.29) is 5.91 Å². The maximum absolute atomic E-state index is 12.4. The lowest BCUT2D eigenvalue weighted by Gasteiger charge is -2.07. The van der Waals surface area contributed by atoms with Crippen molar-refractivity contribution in [2.75, 3.05) is 19.5 Å². The van der Waals surface area contributed by atoms with Crippen molar-refractivity contribution in [1.29, 1.82) is 0 Å². The Hall–Kier alpha value is -2.99. The molecule has 0 saturated heterocycles. The minimum Gasteiger partial charge on any atom is -0.496 e. The SMILES string of the molecule is COc1ccccc1C(=O)Nc1cc(-c2cc(Cl)ccc2OC)[nH]n1. The molecule has 0 unspecified atom stereocenters. The number of aromatic amines is 1. The quantitative estimate of drug-likeness (QED) is 0.723. The van der Waals surface area contributed by atoms with Gasteiger partial charge in [-0.25, -0.2) is 0 Å². The summed E-state index contributed by atoms with van der Waals surface area (Å²) in [6, 6.07) is 14.0. The van der Waals surface area contributed by atoms with Crippen LogP contribution in [0.15, 0.2) is 48.5 Å². The van der Waals surface area contributed by atoms with Crippen LogP contribution in [0.5, 0.6) is 11.5 Å². The van der Waals surface area contributed by atoms with Crippen LogP contribution < -0.4 is 14.8 Å². The molecule has 3 rings (SSSR count). The second-order valence-electron chi connectivity index (χ2n) is 5.17. The highest BCUT2D eigenvalue weighted by atomic mass is 35.5. The van der Waals surface area contributed by atoms with Gasteiger partial charge in [-0.3, -0.25) is 9.89 Å². The maximum Gasteiger partial charge on any atom is 0.260 e. The summed E-state index contributed by atoms with van der Waals surface area (Å²) in [5, 5.41) is 10.3. The number of H-pyrrole nitrogens is 1. The molecule has 1 heterocycles. The van der Waals surface area contributed by atoms with Crippen LogP contribution in [0.4, 0.5) is 5.82 Å². The van der Waals surface area contributed by atoms with E-state index in [0.717, 1.165) is 5.56 Å². The van der Waals surface area contributed by atoms with Crippen LogP contribution in [-0.4, -0.2) is 30.3 Å². The molecule has 0 saturated carbocycles. The van der Waals surface area contributed by atoms with Crippen LogP contribution >= 0.6 is 11.6 Å². The number of benzene rings is 2. The molecule has 0 atom stereocenters. The smallest absolute Gasteiger partial charge is 0.260 e. The number of methoxy groups -OCH3 is 2. The fourth-order valence-corrected chi connectivity index (χ4v) is 2.60. The molecular formula is C18H16ClN3O3. The molecular weight excluding hydrogens is 342 g/mol. The van der Waals surface area contributed by atoms with E-state index >= 15 is 0 Å². The van der Waals surface area contributed by atoms with Crippen molar-refractivity contribution in [3.8, 4) is 22.8 Å². The van der Waals surface area contributed by atoms with Crippen molar-refractivity contribution in [3.05, 3.63) is 59.1 Å². The van der Waals surface area contributed by atoms with Gasteiger partial charge in [-0.05, 0) is 30.3 Å². The second-order valence-corrected chi connectivity index (χ2v) is 5.60. The van der Waals surface area contributed by atoms with E-state index in [4.69, 9.17) is 21.1 Å². The van der Waals surface area contributed by atoms with Crippen molar-refractivity contribution < 1.29 is 14.3 Å². The van der Waals surface area contributed by atoms with Crippen molar-refractivity contribution >= 4 is 23.3 Å². The van der Waals surface area contributed by atoms with Crippen LogP contribution in [0.3, 0.4) is 0 Å². The molecule has 25 heavy (non-hydrogen) atoms. The molecule has 2 aromatic carbocycles. The lowest BCUT2D eigenvalue weighted by molar-refractivity contribution is 0.102. The number of carbonyl (C=O) groups is 1. The third-order valence-electron chi connectivity index (χ3n) is 3.62. The first-order chi connectivity index (χ1) is 12.1. The first-order valence-electron chi connectivity index (χ1n) is 7.46. The highest BCUT2D eigenvalue weighted by Crippen LogP contribution is 2.32. The fraction of sp³-hybridized carbons (Fsp3) is 0.111. The molecule has 1 amide bonds. The molecule has 0 radical (unpaired) electrons. The standard InChI is InChI=1S/C18H16ClN3O3/c1-24-15-6-4-3-5-12(15)18(23)20-17-10-14(21-22-17)13-9-11(19)7-8-16(13)25-2/h3-10H,1-2H3,(H2,20,21,22,23). The average molecular weight is 358 g/mol. The third-order valence-corrected chi connectivity index (χ3v) is 3.86. The van der Waals surface area contributed by atoms with E-state index in [1.54, 1.807) is 55.6 Å². The Labute approximate surface area is 149 Å². The molecule has 0 bridgehead atoms. The van der Waals surface area contributed by atoms with E-state index < -0.39 is 0 Å². The van der Waals surface area contributed by atoms with Crippen LogP contribution in [-0.2, 0) is 0 Å². The summed E-state index contributed by atoms with van der Waals surface area (Å²) >= 11 is 6.05. The van der Waals surface area contributed by atoms with Crippen molar-refractivity contribution in [2.45, 2.75) is 0 Å². The Morgan fingerprint density at radius 1 is 1.08 bits per heavy atom. The normalized spacial score (nSPS) is 10.4. The van der Waals surface area contributed by atoms with Gasteiger partial charge in [0.05, 0.1) is 25.5 Å². The molecule has 1 aromatic heterocycles. The summed E-state index contributed by atoms with van der Waals surface area (Å²) in [7, 11) is 3.09. The summed E-state index contributed by atoms with van der Waals surface area (Å²) in [5.41, 5.74) is 1.85. The van der Waals surface area contributed by atoms with Gasteiger partial charge in [0.2, 0.25) is 0 Å². The molecule has 0 aliphatic carbocycles. The maximum atomic E-state index is 12.4. The van der Waals surface area contributed by atoms with Gasteiger partial charge in [0.1, 0.15) is 11.5 Å². The van der Waals surface area contributed by atoms with E-state index in [2.05, 4.69) is 15.5 Å². The molecule has 0 spiro atoms. The number of hydrogen-bond donors (Lipinski definition) is 2. The Kier molecular flexibility index (Phi) is 4.90. The number of hydrogen-bond acceptors (Lipinski definition) is 4. The Morgan fingerprint density at radius 2 is 1.84 bits per heavy atom. The first-order valence-corrected chi connectivity index (χ1v) is 7.84. The zero-order valence-electron chi connectivity index (χ0n) is 13.7. The highest BCUT2D eigenvalue weighted by molar-refractivity contribution is 6.31. The topological polar surface area (TPSA) is 76.2 Å². The van der Waals surface area contributed by atoms with Crippen LogP contribution in [0.1, 0.15) is 10.4 Å². The zero-order valence-corrected chi connectivity index (χ0v) is 14.4. The predicted octanol–water partition coefficient (Wildman–Crippen LogP) is 4.00. The van der Waals surface area contributed by atoms with Gasteiger partial charge in [0, 0.05) is 16.7 Å². The molecule has 0 aliphatic heterocycles. The molecule has 7 heteroatoms. The number of para-hydroxylation sites is 1. The van der Waals surface area contributed by atoms with Gasteiger partial charge in [-0.2, -0.15) is 5.10 Å². The van der Waals surface area contributed by atoms with E-state index in [9.17, 15) is 4.79 Å². The number of nitrogens with zero attached hydrogens (tertiary/aromatic N) is 1. The van der Waals surface area contributed by atoms with E-state index in [1.807, 2.05) is 0 Å². The number of anilines is 1. The molecule has 2 N–H and O–H groups in total. The number of nitrogens with one attached hydrogen (secondary N) is 2. The summed E-state index contributed by atoms with van der Waals surface area (Å²) in [6.45, 7) is 0.